The molecule has 1 fully saturated rings. The first-order valence-electron chi connectivity index (χ1n) is 5.17. The molecule has 0 amide bonds. The molecule has 0 bridgehead atoms. The van der Waals surface area contributed by atoms with Gasteiger partial charge in [0.15, 0.2) is 5.82 Å². The Morgan fingerprint density at radius 1 is 1.43 bits per heavy atom. The van der Waals surface area contributed by atoms with Gasteiger partial charge in [0.2, 0.25) is 0 Å². The number of nitrogens with zero attached hydrogens (tertiary/aromatic N) is 2. The molecule has 1 heterocycles. The molecule has 2 rings (SSSR count). The van der Waals surface area contributed by atoms with Crippen LogP contribution in [0.15, 0.2) is 6.20 Å². The van der Waals surface area contributed by atoms with E-state index in [4.69, 9.17) is 17.3 Å². The van der Waals surface area contributed by atoms with Crippen molar-refractivity contribution in [3.63, 3.8) is 0 Å². The molecule has 0 saturated heterocycles. The van der Waals surface area contributed by atoms with Gasteiger partial charge in [0.25, 0.3) is 0 Å². The normalized spacial score (nSPS) is 27.9. The van der Waals surface area contributed by atoms with Crippen LogP contribution in [-0.4, -0.2) is 9.78 Å². The minimum atomic E-state index is 0.449. The fraction of sp³-hybridized carbons (Fsp3) is 0.700. The first-order valence-corrected chi connectivity index (χ1v) is 5.54. The number of nitrogen functional groups attached to an aromatic ring is 1. The fourth-order valence-electron chi connectivity index (χ4n) is 2.08. The predicted octanol–water partition coefficient (Wildman–Crippen LogP) is 2.87. The summed E-state index contributed by atoms with van der Waals surface area (Å²) in [6.07, 6.45) is 6.79. The second kappa shape index (κ2) is 3.81. The average Bonchev–Trinajstić information content (AvgIpc) is 2.48. The van der Waals surface area contributed by atoms with Crippen LogP contribution in [0.1, 0.15) is 38.6 Å². The van der Waals surface area contributed by atoms with E-state index >= 15 is 0 Å². The molecule has 1 aromatic heterocycles. The van der Waals surface area contributed by atoms with Crippen molar-refractivity contribution in [2.75, 3.05) is 5.73 Å². The molecule has 0 aromatic carbocycles. The highest BCUT2D eigenvalue weighted by atomic mass is 35.5. The number of hydrogen-bond donors (Lipinski definition) is 1. The molecular weight excluding hydrogens is 198 g/mol. The van der Waals surface area contributed by atoms with Gasteiger partial charge in [-0.3, -0.25) is 4.68 Å². The van der Waals surface area contributed by atoms with Gasteiger partial charge in [0.1, 0.15) is 5.02 Å². The zero-order chi connectivity index (χ0) is 10.1. The first kappa shape index (κ1) is 9.84. The summed E-state index contributed by atoms with van der Waals surface area (Å²) >= 11 is 5.87. The first-order chi connectivity index (χ1) is 6.66. The highest BCUT2D eigenvalue weighted by Crippen LogP contribution is 2.32. The Morgan fingerprint density at radius 3 is 2.57 bits per heavy atom. The molecule has 0 spiro atoms. The van der Waals surface area contributed by atoms with Gasteiger partial charge < -0.3 is 5.73 Å². The molecular formula is C10H16ClN3. The molecule has 1 aliphatic carbocycles. The van der Waals surface area contributed by atoms with E-state index in [2.05, 4.69) is 12.0 Å². The molecule has 78 valence electrons. The molecule has 1 aliphatic rings. The summed E-state index contributed by atoms with van der Waals surface area (Å²) in [7, 11) is 0. The quantitative estimate of drug-likeness (QED) is 0.780. The summed E-state index contributed by atoms with van der Waals surface area (Å²) < 4.78 is 1.93. The van der Waals surface area contributed by atoms with Crippen molar-refractivity contribution in [2.45, 2.75) is 38.6 Å². The van der Waals surface area contributed by atoms with Gasteiger partial charge in [-0.2, -0.15) is 5.10 Å². The molecule has 1 aromatic rings. The molecule has 4 heteroatoms. The molecule has 2 N–H and O–H groups in total. The summed E-state index contributed by atoms with van der Waals surface area (Å²) in [4.78, 5) is 0. The third-order valence-electron chi connectivity index (χ3n) is 3.07. The van der Waals surface area contributed by atoms with Gasteiger partial charge in [-0.1, -0.05) is 18.5 Å². The molecule has 0 atom stereocenters. The number of hydrogen-bond acceptors (Lipinski definition) is 2. The highest BCUT2D eigenvalue weighted by Gasteiger charge is 2.20. The van der Waals surface area contributed by atoms with E-state index in [-0.39, 0.29) is 0 Å². The number of anilines is 1. The summed E-state index contributed by atoms with van der Waals surface area (Å²) in [6, 6.07) is 0.501. The van der Waals surface area contributed by atoms with Crippen molar-refractivity contribution >= 4 is 17.4 Å². The van der Waals surface area contributed by atoms with Gasteiger partial charge in [-0.25, -0.2) is 0 Å². The lowest BCUT2D eigenvalue weighted by Crippen LogP contribution is -2.17. The predicted molar refractivity (Wildman–Crippen MR) is 58.3 cm³/mol. The van der Waals surface area contributed by atoms with Gasteiger partial charge >= 0.3 is 0 Å². The maximum atomic E-state index is 5.87. The Bertz CT molecular complexity index is 294. The van der Waals surface area contributed by atoms with E-state index in [1.54, 1.807) is 0 Å². The Hall–Kier alpha value is -0.700. The summed E-state index contributed by atoms with van der Waals surface area (Å²) in [5.74, 6) is 1.31. The maximum Gasteiger partial charge on any atom is 0.164 e. The fourth-order valence-corrected chi connectivity index (χ4v) is 2.22. The van der Waals surface area contributed by atoms with Crippen LogP contribution < -0.4 is 5.73 Å². The van der Waals surface area contributed by atoms with Crippen LogP contribution in [0.3, 0.4) is 0 Å². The number of aromatic nitrogens is 2. The zero-order valence-corrected chi connectivity index (χ0v) is 9.17. The van der Waals surface area contributed by atoms with Crippen LogP contribution in [0.25, 0.3) is 0 Å². The molecule has 0 unspecified atom stereocenters. The molecule has 3 nitrogen and oxygen atoms in total. The average molecular weight is 214 g/mol. The minimum Gasteiger partial charge on any atom is -0.381 e. The number of nitrogens with two attached hydrogens (primary N) is 1. The van der Waals surface area contributed by atoms with Gasteiger partial charge in [-0.05, 0) is 31.6 Å². The third-order valence-corrected chi connectivity index (χ3v) is 3.36. The lowest BCUT2D eigenvalue weighted by molar-refractivity contribution is 0.274. The van der Waals surface area contributed by atoms with Crippen molar-refractivity contribution in [1.82, 2.24) is 9.78 Å². The Balaban J connectivity index is 2.08. The van der Waals surface area contributed by atoms with Crippen LogP contribution in [0, 0.1) is 5.92 Å². The van der Waals surface area contributed by atoms with Crippen molar-refractivity contribution in [1.29, 1.82) is 0 Å². The Morgan fingerprint density at radius 2 is 2.07 bits per heavy atom. The van der Waals surface area contributed by atoms with Crippen molar-refractivity contribution in [3.8, 4) is 0 Å². The highest BCUT2D eigenvalue weighted by molar-refractivity contribution is 6.32. The SMILES string of the molecule is CC1CCC(n2cc(Cl)c(N)n2)CC1. The van der Waals surface area contributed by atoms with E-state index in [0.717, 1.165) is 5.92 Å². The monoisotopic (exact) mass is 213 g/mol. The summed E-state index contributed by atoms with van der Waals surface area (Å²) in [5.41, 5.74) is 5.61. The summed E-state index contributed by atoms with van der Waals surface area (Å²) in [6.45, 7) is 2.31. The molecule has 0 aliphatic heterocycles. The standard InChI is InChI=1S/C10H16ClN3/c1-7-2-4-8(5-3-7)14-6-9(11)10(12)13-14/h6-8H,2-5H2,1H3,(H2,12,13). The lowest BCUT2D eigenvalue weighted by atomic mass is 9.87. The van der Waals surface area contributed by atoms with Gasteiger partial charge in [0.05, 0.1) is 6.04 Å². The van der Waals surface area contributed by atoms with E-state index < -0.39 is 0 Å². The topological polar surface area (TPSA) is 43.8 Å². The second-order valence-corrected chi connectivity index (χ2v) is 4.66. The van der Waals surface area contributed by atoms with E-state index in [9.17, 15) is 0 Å². The number of halogens is 1. The Labute approximate surface area is 89.2 Å². The lowest BCUT2D eigenvalue weighted by Gasteiger charge is -2.26. The van der Waals surface area contributed by atoms with Gasteiger partial charge in [-0.15, -0.1) is 0 Å². The smallest absolute Gasteiger partial charge is 0.164 e. The van der Waals surface area contributed by atoms with E-state index in [1.165, 1.54) is 25.7 Å². The number of rotatable bonds is 1. The minimum absolute atomic E-state index is 0.449. The van der Waals surface area contributed by atoms with E-state index in [1.807, 2.05) is 10.9 Å². The largest absolute Gasteiger partial charge is 0.381 e. The maximum absolute atomic E-state index is 5.87. The van der Waals surface area contributed by atoms with Crippen LogP contribution >= 0.6 is 11.6 Å². The van der Waals surface area contributed by atoms with Crippen LogP contribution in [0.2, 0.25) is 5.02 Å². The van der Waals surface area contributed by atoms with Gasteiger partial charge in [0, 0.05) is 6.20 Å². The Kier molecular flexibility index (Phi) is 2.68. The van der Waals surface area contributed by atoms with E-state index in [0.29, 0.717) is 16.9 Å². The van der Waals surface area contributed by atoms with Crippen LogP contribution in [-0.2, 0) is 0 Å². The summed E-state index contributed by atoms with van der Waals surface area (Å²) in [5, 5.41) is 4.79. The van der Waals surface area contributed by atoms with Crippen molar-refractivity contribution in [3.05, 3.63) is 11.2 Å². The van der Waals surface area contributed by atoms with Crippen molar-refractivity contribution in [2.24, 2.45) is 5.92 Å². The third kappa shape index (κ3) is 1.87. The van der Waals surface area contributed by atoms with Crippen LogP contribution in [0.4, 0.5) is 5.82 Å². The van der Waals surface area contributed by atoms with Crippen molar-refractivity contribution < 1.29 is 0 Å². The molecule has 14 heavy (non-hydrogen) atoms. The second-order valence-electron chi connectivity index (χ2n) is 4.26. The molecule has 1 saturated carbocycles. The van der Waals surface area contributed by atoms with Crippen LogP contribution in [0.5, 0.6) is 0 Å². The molecule has 0 radical (unpaired) electrons. The zero-order valence-electron chi connectivity index (χ0n) is 8.41.